The highest BCUT2D eigenvalue weighted by Crippen LogP contribution is 2.34. The van der Waals surface area contributed by atoms with Crippen molar-refractivity contribution < 1.29 is 9.84 Å². The molecule has 0 spiro atoms. The fourth-order valence-corrected chi connectivity index (χ4v) is 2.30. The number of methoxy groups -OCH3 is 1. The second-order valence-corrected chi connectivity index (χ2v) is 4.58. The summed E-state index contributed by atoms with van der Waals surface area (Å²) in [7, 11) is 1.55. The molecule has 2 aromatic rings. The predicted octanol–water partition coefficient (Wildman–Crippen LogP) is 3.44. The van der Waals surface area contributed by atoms with Crippen LogP contribution in [0.5, 0.6) is 11.5 Å². The Balaban J connectivity index is 2.42. The molecule has 0 saturated heterocycles. The molecule has 0 amide bonds. The summed E-state index contributed by atoms with van der Waals surface area (Å²) in [5.41, 5.74) is 1.02. The normalized spacial score (nSPS) is 10.3. The van der Waals surface area contributed by atoms with Crippen LogP contribution in [-0.2, 0) is 0 Å². The smallest absolute Gasteiger partial charge is 0.160 e. The van der Waals surface area contributed by atoms with Gasteiger partial charge in [-0.25, -0.2) is 0 Å². The number of hydrogen-bond donors (Lipinski definition) is 1. The summed E-state index contributed by atoms with van der Waals surface area (Å²) in [5, 5.41) is 9.64. The van der Waals surface area contributed by atoms with E-state index in [0.29, 0.717) is 5.75 Å². The van der Waals surface area contributed by atoms with Crippen molar-refractivity contribution in [3.05, 3.63) is 35.2 Å². The molecule has 0 saturated carbocycles. The number of ether oxygens (including phenoxy) is 1. The minimum atomic E-state index is 0.182. The molecule has 1 N–H and O–H groups in total. The summed E-state index contributed by atoms with van der Waals surface area (Å²) >= 11 is 1.71. The monoisotopic (exact) mass is 220 g/mol. The summed E-state index contributed by atoms with van der Waals surface area (Å²) in [4.78, 5) is 2.42. The van der Waals surface area contributed by atoms with Gasteiger partial charge >= 0.3 is 0 Å². The highest BCUT2D eigenvalue weighted by atomic mass is 32.1. The Bertz CT molecular complexity index is 474. The molecule has 0 atom stereocenters. The molecule has 0 fully saturated rings. The number of aromatic hydroxyl groups is 1. The third kappa shape index (κ3) is 1.97. The molecule has 78 valence electrons. The first-order chi connectivity index (χ1) is 7.20. The largest absolute Gasteiger partial charge is 0.504 e. The Labute approximate surface area is 92.8 Å². The third-order valence-corrected chi connectivity index (χ3v) is 3.25. The van der Waals surface area contributed by atoms with Gasteiger partial charge in [-0.3, -0.25) is 0 Å². The van der Waals surface area contributed by atoms with E-state index >= 15 is 0 Å². The van der Waals surface area contributed by atoms with Crippen LogP contribution in [0.1, 0.15) is 4.88 Å². The van der Waals surface area contributed by atoms with Crippen molar-refractivity contribution in [3.63, 3.8) is 0 Å². The van der Waals surface area contributed by atoms with Gasteiger partial charge in [0.1, 0.15) is 0 Å². The highest BCUT2D eigenvalue weighted by molar-refractivity contribution is 7.15. The number of hydrogen-bond acceptors (Lipinski definition) is 3. The molecule has 2 nitrogen and oxygen atoms in total. The summed E-state index contributed by atoms with van der Waals surface area (Å²) in [6, 6.07) is 9.58. The summed E-state index contributed by atoms with van der Waals surface area (Å²) in [6.07, 6.45) is 0. The lowest BCUT2D eigenvalue weighted by atomic mass is 10.1. The summed E-state index contributed by atoms with van der Waals surface area (Å²) in [5.74, 6) is 0.688. The Morgan fingerprint density at radius 2 is 2.00 bits per heavy atom. The zero-order valence-corrected chi connectivity index (χ0v) is 9.47. The molecular formula is C12H12O2S. The quantitative estimate of drug-likeness (QED) is 0.840. The minimum Gasteiger partial charge on any atom is -0.504 e. The molecule has 1 aromatic carbocycles. The Morgan fingerprint density at radius 3 is 2.53 bits per heavy atom. The van der Waals surface area contributed by atoms with Crippen molar-refractivity contribution in [2.24, 2.45) is 0 Å². The summed E-state index contributed by atoms with van der Waals surface area (Å²) < 4.78 is 4.99. The van der Waals surface area contributed by atoms with Crippen molar-refractivity contribution in [2.75, 3.05) is 7.11 Å². The molecule has 3 heteroatoms. The summed E-state index contributed by atoms with van der Waals surface area (Å²) in [6.45, 7) is 2.07. The van der Waals surface area contributed by atoms with Gasteiger partial charge in [0.05, 0.1) is 7.11 Å². The van der Waals surface area contributed by atoms with E-state index in [1.165, 1.54) is 4.88 Å². The number of benzene rings is 1. The number of thiophene rings is 1. The highest BCUT2D eigenvalue weighted by Gasteiger charge is 2.05. The van der Waals surface area contributed by atoms with E-state index in [4.69, 9.17) is 4.74 Å². The van der Waals surface area contributed by atoms with Crippen molar-refractivity contribution in [1.29, 1.82) is 0 Å². The molecule has 1 heterocycles. The first-order valence-corrected chi connectivity index (χ1v) is 5.46. The molecule has 0 radical (unpaired) electrons. The molecule has 0 unspecified atom stereocenters. The first-order valence-electron chi connectivity index (χ1n) is 4.64. The number of aryl methyl sites for hydroxylation is 1. The molecular weight excluding hydrogens is 208 g/mol. The van der Waals surface area contributed by atoms with Gasteiger partial charge in [0, 0.05) is 9.75 Å². The van der Waals surface area contributed by atoms with Crippen molar-refractivity contribution in [3.8, 4) is 21.9 Å². The SMILES string of the molecule is COc1ccc(-c2ccc(C)s2)cc1O. The van der Waals surface area contributed by atoms with Gasteiger partial charge in [-0.15, -0.1) is 11.3 Å². The van der Waals surface area contributed by atoms with Crippen LogP contribution in [0.15, 0.2) is 30.3 Å². The van der Waals surface area contributed by atoms with Crippen LogP contribution in [0, 0.1) is 6.92 Å². The average molecular weight is 220 g/mol. The third-order valence-electron chi connectivity index (χ3n) is 2.20. The lowest BCUT2D eigenvalue weighted by molar-refractivity contribution is 0.373. The predicted molar refractivity (Wildman–Crippen MR) is 62.7 cm³/mol. The number of phenols is 1. The van der Waals surface area contributed by atoms with E-state index in [9.17, 15) is 5.11 Å². The van der Waals surface area contributed by atoms with Gasteiger partial charge in [-0.1, -0.05) is 0 Å². The fraction of sp³-hybridized carbons (Fsp3) is 0.167. The van der Waals surface area contributed by atoms with Crippen LogP contribution >= 0.6 is 11.3 Å². The molecule has 1 aromatic heterocycles. The maximum absolute atomic E-state index is 9.64. The van der Waals surface area contributed by atoms with Gasteiger partial charge in [0.15, 0.2) is 11.5 Å². The second-order valence-electron chi connectivity index (χ2n) is 3.30. The molecule has 0 aliphatic carbocycles. The Hall–Kier alpha value is -1.48. The molecule has 0 aliphatic rings. The van der Waals surface area contributed by atoms with E-state index in [1.807, 2.05) is 6.07 Å². The van der Waals surface area contributed by atoms with E-state index in [-0.39, 0.29) is 5.75 Å². The van der Waals surface area contributed by atoms with Gasteiger partial charge in [0.2, 0.25) is 0 Å². The number of phenolic OH excluding ortho intramolecular Hbond substituents is 1. The average Bonchev–Trinajstić information content (AvgIpc) is 2.65. The minimum absolute atomic E-state index is 0.182. The van der Waals surface area contributed by atoms with Crippen molar-refractivity contribution in [2.45, 2.75) is 6.92 Å². The molecule has 2 rings (SSSR count). The van der Waals surface area contributed by atoms with Crippen LogP contribution in [-0.4, -0.2) is 12.2 Å². The zero-order chi connectivity index (χ0) is 10.8. The molecule has 15 heavy (non-hydrogen) atoms. The Morgan fingerprint density at radius 1 is 1.20 bits per heavy atom. The van der Waals surface area contributed by atoms with Crippen molar-refractivity contribution in [1.82, 2.24) is 0 Å². The van der Waals surface area contributed by atoms with E-state index in [2.05, 4.69) is 19.1 Å². The van der Waals surface area contributed by atoms with E-state index in [1.54, 1.807) is 30.6 Å². The maximum Gasteiger partial charge on any atom is 0.160 e. The molecule has 0 aliphatic heterocycles. The topological polar surface area (TPSA) is 29.5 Å². The maximum atomic E-state index is 9.64. The van der Waals surface area contributed by atoms with Crippen LogP contribution in [0.2, 0.25) is 0 Å². The zero-order valence-electron chi connectivity index (χ0n) is 8.65. The van der Waals surface area contributed by atoms with Gasteiger partial charge in [-0.2, -0.15) is 0 Å². The van der Waals surface area contributed by atoms with Gasteiger partial charge in [0.25, 0.3) is 0 Å². The van der Waals surface area contributed by atoms with Gasteiger partial charge < -0.3 is 9.84 Å². The van der Waals surface area contributed by atoms with E-state index < -0.39 is 0 Å². The first kappa shape index (κ1) is 10.1. The second kappa shape index (κ2) is 3.95. The van der Waals surface area contributed by atoms with Crippen LogP contribution in [0.3, 0.4) is 0 Å². The van der Waals surface area contributed by atoms with Crippen LogP contribution in [0.25, 0.3) is 10.4 Å². The lowest BCUT2D eigenvalue weighted by Crippen LogP contribution is -1.83. The fourth-order valence-electron chi connectivity index (χ4n) is 1.43. The van der Waals surface area contributed by atoms with Crippen molar-refractivity contribution >= 4 is 11.3 Å². The van der Waals surface area contributed by atoms with Crippen LogP contribution < -0.4 is 4.74 Å². The molecule has 0 bridgehead atoms. The van der Waals surface area contributed by atoms with E-state index in [0.717, 1.165) is 10.4 Å². The van der Waals surface area contributed by atoms with Gasteiger partial charge in [-0.05, 0) is 42.8 Å². The lowest BCUT2D eigenvalue weighted by Gasteiger charge is -2.04. The standard InChI is InChI=1S/C12H12O2S/c1-8-3-6-12(15-8)9-4-5-11(14-2)10(13)7-9/h3-7,13H,1-2H3. The Kier molecular flexibility index (Phi) is 2.64. The van der Waals surface area contributed by atoms with Crippen LogP contribution in [0.4, 0.5) is 0 Å². The number of rotatable bonds is 2.